The average Bonchev–Trinajstić information content (AvgIpc) is 2.80. The highest BCUT2D eigenvalue weighted by Gasteiger charge is 2.26. The van der Waals surface area contributed by atoms with E-state index in [-0.39, 0.29) is 11.9 Å². The molecule has 0 saturated carbocycles. The lowest BCUT2D eigenvalue weighted by Crippen LogP contribution is -2.50. The number of allylic oxidation sites excluding steroid dienone is 1. The highest BCUT2D eigenvalue weighted by molar-refractivity contribution is 6.07. The molecule has 178 valence electrons. The van der Waals surface area contributed by atoms with Crippen LogP contribution in [0.2, 0.25) is 0 Å². The zero-order valence-corrected chi connectivity index (χ0v) is 19.6. The van der Waals surface area contributed by atoms with Gasteiger partial charge in [-0.05, 0) is 63.3 Å². The lowest BCUT2D eigenvalue weighted by atomic mass is 10.1. The Balaban J connectivity index is 1.62. The maximum Gasteiger partial charge on any atom is 0.410 e. The molecule has 1 aromatic carbocycles. The molecule has 1 saturated heterocycles. The van der Waals surface area contributed by atoms with Gasteiger partial charge in [0.15, 0.2) is 5.78 Å². The SMILES string of the molecule is CC(C)(C)OC(=O)N1CCN(c2cccc(C(=O)/C=C/c3cccc(/C=C/C(=O)O)n3)c2)CC1. The first kappa shape index (κ1) is 24.7. The quantitative estimate of drug-likeness (QED) is 0.508. The molecule has 0 radical (unpaired) electrons. The number of ketones is 1. The fourth-order valence-electron chi connectivity index (χ4n) is 3.40. The van der Waals surface area contributed by atoms with Gasteiger partial charge in [0.1, 0.15) is 5.60 Å². The maximum absolute atomic E-state index is 12.7. The number of aliphatic carboxylic acids is 1. The van der Waals surface area contributed by atoms with E-state index in [1.54, 1.807) is 35.2 Å². The third-order valence-electron chi connectivity index (χ3n) is 5.02. The topological polar surface area (TPSA) is 100 Å². The van der Waals surface area contributed by atoms with E-state index in [2.05, 4.69) is 9.88 Å². The zero-order valence-electron chi connectivity index (χ0n) is 19.6. The Morgan fingerprint density at radius 3 is 2.18 bits per heavy atom. The number of aromatic nitrogens is 1. The van der Waals surface area contributed by atoms with Crippen LogP contribution < -0.4 is 4.90 Å². The maximum atomic E-state index is 12.7. The van der Waals surface area contributed by atoms with Crippen molar-refractivity contribution in [3.8, 4) is 0 Å². The molecule has 1 aliphatic heterocycles. The van der Waals surface area contributed by atoms with Crippen LogP contribution in [0.4, 0.5) is 10.5 Å². The van der Waals surface area contributed by atoms with Gasteiger partial charge in [-0.3, -0.25) is 4.79 Å². The molecule has 0 spiro atoms. The van der Waals surface area contributed by atoms with Crippen molar-refractivity contribution in [3.05, 3.63) is 71.6 Å². The van der Waals surface area contributed by atoms with Crippen LogP contribution in [-0.2, 0) is 9.53 Å². The number of nitrogens with zero attached hydrogens (tertiary/aromatic N) is 3. The zero-order chi connectivity index (χ0) is 24.7. The van der Waals surface area contributed by atoms with Crippen molar-refractivity contribution in [1.82, 2.24) is 9.88 Å². The number of anilines is 1. The molecule has 0 unspecified atom stereocenters. The van der Waals surface area contributed by atoms with E-state index < -0.39 is 11.6 Å². The molecule has 3 rings (SSSR count). The van der Waals surface area contributed by atoms with Crippen LogP contribution >= 0.6 is 0 Å². The highest BCUT2D eigenvalue weighted by Crippen LogP contribution is 2.20. The Kier molecular flexibility index (Phi) is 7.83. The Morgan fingerprint density at radius 1 is 0.941 bits per heavy atom. The van der Waals surface area contributed by atoms with Crippen LogP contribution in [0, 0.1) is 0 Å². The van der Waals surface area contributed by atoms with Gasteiger partial charge in [-0.2, -0.15) is 0 Å². The van der Waals surface area contributed by atoms with Crippen molar-refractivity contribution < 1.29 is 24.2 Å². The van der Waals surface area contributed by atoms with Crippen molar-refractivity contribution in [2.24, 2.45) is 0 Å². The van der Waals surface area contributed by atoms with E-state index in [4.69, 9.17) is 9.84 Å². The fraction of sp³-hybridized carbons (Fsp3) is 0.308. The van der Waals surface area contributed by atoms with Gasteiger partial charge < -0.3 is 19.6 Å². The average molecular weight is 464 g/mol. The molecule has 0 aliphatic carbocycles. The Labute approximate surface area is 199 Å². The molecule has 1 N–H and O–H groups in total. The Bertz CT molecular complexity index is 1110. The molecule has 34 heavy (non-hydrogen) atoms. The van der Waals surface area contributed by atoms with Crippen LogP contribution in [0.5, 0.6) is 0 Å². The Morgan fingerprint density at radius 2 is 1.56 bits per heavy atom. The van der Waals surface area contributed by atoms with E-state index in [1.165, 1.54) is 12.2 Å². The summed E-state index contributed by atoms with van der Waals surface area (Å²) in [6.45, 7) is 7.93. The second-order valence-corrected chi connectivity index (χ2v) is 8.86. The standard InChI is InChI=1S/C26H29N3O5/c1-26(2,3)34-25(33)29-16-14-28(15-17-29)22-9-4-6-19(18-22)23(30)12-10-20-7-5-8-21(27-20)11-13-24(31)32/h4-13,18H,14-17H2,1-3H3,(H,31,32)/b12-10+,13-11+. The molecular weight excluding hydrogens is 434 g/mol. The molecule has 8 nitrogen and oxygen atoms in total. The summed E-state index contributed by atoms with van der Waals surface area (Å²) in [6.07, 6.45) is 5.16. The predicted octanol–water partition coefficient (Wildman–Crippen LogP) is 4.13. The summed E-state index contributed by atoms with van der Waals surface area (Å²) in [6, 6.07) is 12.6. The molecular formula is C26H29N3O5. The number of piperazine rings is 1. The largest absolute Gasteiger partial charge is 0.478 e. The van der Waals surface area contributed by atoms with Gasteiger partial charge in [0, 0.05) is 43.5 Å². The number of benzene rings is 1. The molecule has 0 bridgehead atoms. The number of rotatable bonds is 6. The third-order valence-corrected chi connectivity index (χ3v) is 5.02. The first-order chi connectivity index (χ1) is 16.1. The van der Waals surface area contributed by atoms with Crippen molar-refractivity contribution >= 4 is 35.7 Å². The summed E-state index contributed by atoms with van der Waals surface area (Å²) < 4.78 is 5.44. The summed E-state index contributed by atoms with van der Waals surface area (Å²) in [5.41, 5.74) is 1.98. The molecule has 2 heterocycles. The normalized spacial score (nSPS) is 14.6. The molecule has 8 heteroatoms. The number of ether oxygens (including phenoxy) is 1. The molecule has 1 aliphatic rings. The fourth-order valence-corrected chi connectivity index (χ4v) is 3.40. The smallest absolute Gasteiger partial charge is 0.410 e. The van der Waals surface area contributed by atoms with Gasteiger partial charge in [-0.25, -0.2) is 14.6 Å². The monoisotopic (exact) mass is 463 g/mol. The summed E-state index contributed by atoms with van der Waals surface area (Å²) in [5, 5.41) is 8.74. The van der Waals surface area contributed by atoms with Gasteiger partial charge >= 0.3 is 12.1 Å². The number of hydrogen-bond acceptors (Lipinski definition) is 6. The summed E-state index contributed by atoms with van der Waals surface area (Å²) >= 11 is 0. The first-order valence-electron chi connectivity index (χ1n) is 11.0. The molecule has 0 atom stereocenters. The molecule has 1 fully saturated rings. The van der Waals surface area contributed by atoms with Crippen molar-refractivity contribution in [3.63, 3.8) is 0 Å². The summed E-state index contributed by atoms with van der Waals surface area (Å²) in [5.74, 6) is -1.22. The van der Waals surface area contributed by atoms with Crippen LogP contribution in [0.15, 0.2) is 54.6 Å². The van der Waals surface area contributed by atoms with Crippen molar-refractivity contribution in [1.29, 1.82) is 0 Å². The minimum atomic E-state index is -1.05. The predicted molar refractivity (Wildman–Crippen MR) is 131 cm³/mol. The second kappa shape index (κ2) is 10.8. The molecule has 1 amide bonds. The van der Waals surface area contributed by atoms with E-state index in [1.807, 2.05) is 39.0 Å². The summed E-state index contributed by atoms with van der Waals surface area (Å²) in [7, 11) is 0. The third kappa shape index (κ3) is 7.30. The number of amides is 1. The van der Waals surface area contributed by atoms with Crippen molar-refractivity contribution in [2.75, 3.05) is 31.1 Å². The molecule has 1 aromatic heterocycles. The summed E-state index contributed by atoms with van der Waals surface area (Å²) in [4.78, 5) is 43.8. The van der Waals surface area contributed by atoms with Crippen LogP contribution in [0.3, 0.4) is 0 Å². The number of carboxylic acids is 1. The number of carbonyl (C=O) groups excluding carboxylic acids is 2. The van der Waals surface area contributed by atoms with Crippen LogP contribution in [0.1, 0.15) is 42.5 Å². The van der Waals surface area contributed by atoms with E-state index >= 15 is 0 Å². The van der Waals surface area contributed by atoms with Gasteiger partial charge in [0.2, 0.25) is 0 Å². The molecule has 2 aromatic rings. The number of carbonyl (C=O) groups is 3. The Hall–Kier alpha value is -3.94. The van der Waals surface area contributed by atoms with Gasteiger partial charge in [0.25, 0.3) is 0 Å². The van der Waals surface area contributed by atoms with Gasteiger partial charge in [-0.1, -0.05) is 18.2 Å². The first-order valence-corrected chi connectivity index (χ1v) is 11.0. The number of carboxylic acid groups (broad SMARTS) is 1. The second-order valence-electron chi connectivity index (χ2n) is 8.86. The lowest BCUT2D eigenvalue weighted by Gasteiger charge is -2.36. The lowest BCUT2D eigenvalue weighted by molar-refractivity contribution is -0.131. The number of pyridine rings is 1. The van der Waals surface area contributed by atoms with Gasteiger partial charge in [-0.15, -0.1) is 0 Å². The van der Waals surface area contributed by atoms with Crippen LogP contribution in [0.25, 0.3) is 12.2 Å². The van der Waals surface area contributed by atoms with E-state index in [0.717, 1.165) is 11.8 Å². The number of hydrogen-bond donors (Lipinski definition) is 1. The van der Waals surface area contributed by atoms with Crippen molar-refractivity contribution in [2.45, 2.75) is 26.4 Å². The van der Waals surface area contributed by atoms with E-state index in [9.17, 15) is 14.4 Å². The van der Waals surface area contributed by atoms with E-state index in [0.29, 0.717) is 43.1 Å². The minimum absolute atomic E-state index is 0.164. The minimum Gasteiger partial charge on any atom is -0.478 e. The van der Waals surface area contributed by atoms with Gasteiger partial charge in [0.05, 0.1) is 11.4 Å². The van der Waals surface area contributed by atoms with Crippen LogP contribution in [-0.4, -0.2) is 64.6 Å². The highest BCUT2D eigenvalue weighted by atomic mass is 16.6.